The van der Waals surface area contributed by atoms with Gasteiger partial charge >= 0.3 is 0 Å². The van der Waals surface area contributed by atoms with E-state index >= 15 is 0 Å². The van der Waals surface area contributed by atoms with Gasteiger partial charge in [-0.1, -0.05) is 98.8 Å². The largest absolute Gasteiger partial charge is 0.488 e. The van der Waals surface area contributed by atoms with Gasteiger partial charge < -0.3 is 18.4 Å². The number of allylic oxidation sites excluding steroid dienone is 2. The molecule has 0 N–H and O–H groups in total. The fourth-order valence-corrected chi connectivity index (χ4v) is 7.03. The van der Waals surface area contributed by atoms with Gasteiger partial charge in [0.1, 0.15) is 50.9 Å². The molecule has 0 bridgehead atoms. The van der Waals surface area contributed by atoms with Gasteiger partial charge in [0.25, 0.3) is 0 Å². The summed E-state index contributed by atoms with van der Waals surface area (Å²) in [5.74, 6) is 1.88. The van der Waals surface area contributed by atoms with Gasteiger partial charge in [0, 0.05) is 11.1 Å². The van der Waals surface area contributed by atoms with E-state index in [2.05, 4.69) is 151 Å². The van der Waals surface area contributed by atoms with Crippen LogP contribution >= 0.6 is 0 Å². The minimum atomic E-state index is 0.711. The Morgan fingerprint density at radius 3 is 1.06 bits per heavy atom. The van der Waals surface area contributed by atoms with E-state index < -0.39 is 0 Å². The molecule has 0 unspecified atom stereocenters. The zero-order valence-electron chi connectivity index (χ0n) is 30.6. The van der Waals surface area contributed by atoms with Crippen LogP contribution < -0.4 is 9.47 Å². The molecule has 0 fully saturated rings. The van der Waals surface area contributed by atoms with Gasteiger partial charge in [0.2, 0.25) is 0 Å². The zero-order valence-corrected chi connectivity index (χ0v) is 30.6. The smallest absolute Gasteiger partial charge is 0.137 e. The second kappa shape index (κ2) is 18.6. The Labute approximate surface area is 291 Å². The van der Waals surface area contributed by atoms with Crippen molar-refractivity contribution >= 4 is 11.1 Å². The van der Waals surface area contributed by atoms with Crippen LogP contribution in [-0.2, 0) is 13.1 Å². The molecule has 0 aromatic heterocycles. The van der Waals surface area contributed by atoms with Crippen molar-refractivity contribution in [2.45, 2.75) is 67.5 Å². The van der Waals surface area contributed by atoms with Crippen LogP contribution in [0.2, 0.25) is 0 Å². The summed E-state index contributed by atoms with van der Waals surface area (Å²) in [6.07, 6.45) is 1.95. The SMILES string of the molecule is CCC(=C(CC)c1ccc(OCC[N+](CC)(CC)Cc2ccccc2)cc1)c1ccc(OCC[N+](CC)(CC)Cc2ccccc2)cc1. The summed E-state index contributed by atoms with van der Waals surface area (Å²) in [5, 5.41) is 0. The number of nitrogens with zero attached hydrogens (tertiary/aromatic N) is 2. The quantitative estimate of drug-likeness (QED) is 0.0701. The van der Waals surface area contributed by atoms with Gasteiger partial charge in [-0.15, -0.1) is 0 Å². The van der Waals surface area contributed by atoms with Crippen LogP contribution in [-0.4, -0.2) is 61.4 Å². The van der Waals surface area contributed by atoms with E-state index in [1.165, 1.54) is 33.4 Å². The second-order valence-corrected chi connectivity index (χ2v) is 13.1. The number of benzene rings is 4. The molecule has 0 aliphatic heterocycles. The fraction of sp³-hybridized carbons (Fsp3) is 0.409. The van der Waals surface area contributed by atoms with Crippen LogP contribution in [0.15, 0.2) is 109 Å². The van der Waals surface area contributed by atoms with Crippen LogP contribution in [0, 0.1) is 0 Å². The first-order chi connectivity index (χ1) is 23.4. The molecule has 4 aromatic rings. The lowest BCUT2D eigenvalue weighted by atomic mass is 9.91. The van der Waals surface area contributed by atoms with Crippen LogP contribution in [0.5, 0.6) is 11.5 Å². The Balaban J connectivity index is 1.37. The summed E-state index contributed by atoms with van der Waals surface area (Å²) in [4.78, 5) is 0. The molecule has 0 aliphatic carbocycles. The maximum absolute atomic E-state index is 6.31. The topological polar surface area (TPSA) is 18.5 Å². The maximum Gasteiger partial charge on any atom is 0.137 e. The van der Waals surface area contributed by atoms with Crippen molar-refractivity contribution in [3.8, 4) is 11.5 Å². The monoisotopic (exact) mass is 648 g/mol. The highest BCUT2D eigenvalue weighted by molar-refractivity contribution is 5.90. The number of quaternary nitrogens is 2. The maximum atomic E-state index is 6.31. The number of rotatable bonds is 20. The van der Waals surface area contributed by atoms with Gasteiger partial charge in [0.15, 0.2) is 0 Å². The van der Waals surface area contributed by atoms with Crippen molar-refractivity contribution in [1.29, 1.82) is 0 Å². The summed E-state index contributed by atoms with van der Waals surface area (Å²) in [6, 6.07) is 39.2. The molecule has 4 heteroatoms. The van der Waals surface area contributed by atoms with Crippen molar-refractivity contribution in [2.75, 3.05) is 52.5 Å². The number of likely N-dealkylation sites (N-methyl/N-ethyl adjacent to an activating group) is 2. The highest BCUT2D eigenvalue weighted by Gasteiger charge is 2.25. The zero-order chi connectivity index (χ0) is 34.2. The summed E-state index contributed by atoms with van der Waals surface area (Å²) < 4.78 is 14.7. The van der Waals surface area contributed by atoms with Gasteiger partial charge in [-0.2, -0.15) is 0 Å². The minimum absolute atomic E-state index is 0.711. The van der Waals surface area contributed by atoms with E-state index in [-0.39, 0.29) is 0 Å². The fourth-order valence-electron chi connectivity index (χ4n) is 7.03. The highest BCUT2D eigenvalue weighted by atomic mass is 16.5. The number of hydrogen-bond donors (Lipinski definition) is 0. The third-order valence-corrected chi connectivity index (χ3v) is 10.6. The number of ether oxygens (including phenoxy) is 2. The normalized spacial score (nSPS) is 12.5. The predicted molar refractivity (Wildman–Crippen MR) is 204 cm³/mol. The Hall–Kier alpha value is -3.86. The standard InChI is InChI=1S/C44H60N2O2/c1-7-43(39-23-27-41(28-24-39)47-33-31-45(9-3,10-4)35-37-19-15-13-16-20-37)44(8-2)40-25-29-42(30-26-40)48-34-32-46(11-5,12-6)36-38-21-17-14-18-22-38/h13-30H,7-12,31-36H2,1-6H3/q+2. The van der Waals surface area contributed by atoms with E-state index in [9.17, 15) is 0 Å². The molecule has 0 heterocycles. The Bertz CT molecular complexity index is 1390. The van der Waals surface area contributed by atoms with Crippen LogP contribution in [0.25, 0.3) is 11.1 Å². The molecule has 0 radical (unpaired) electrons. The van der Waals surface area contributed by atoms with Gasteiger partial charge in [0.05, 0.1) is 26.2 Å². The molecule has 48 heavy (non-hydrogen) atoms. The molecular formula is C44H60N2O2+2. The Morgan fingerprint density at radius 1 is 0.438 bits per heavy atom. The summed E-state index contributed by atoms with van der Waals surface area (Å²) in [5.41, 5.74) is 8.10. The molecule has 0 spiro atoms. The summed E-state index contributed by atoms with van der Waals surface area (Å²) >= 11 is 0. The first-order valence-corrected chi connectivity index (χ1v) is 18.4. The van der Waals surface area contributed by atoms with E-state index in [0.717, 1.165) is 85.7 Å². The average molecular weight is 649 g/mol. The third-order valence-electron chi connectivity index (χ3n) is 10.6. The molecule has 0 atom stereocenters. The van der Waals surface area contributed by atoms with E-state index in [1.807, 2.05) is 0 Å². The van der Waals surface area contributed by atoms with E-state index in [1.54, 1.807) is 0 Å². The summed E-state index contributed by atoms with van der Waals surface area (Å²) in [7, 11) is 0. The van der Waals surface area contributed by atoms with Gasteiger partial charge in [-0.3, -0.25) is 0 Å². The molecular weight excluding hydrogens is 588 g/mol. The van der Waals surface area contributed by atoms with Crippen molar-refractivity contribution in [1.82, 2.24) is 0 Å². The molecule has 0 saturated heterocycles. The van der Waals surface area contributed by atoms with E-state index in [4.69, 9.17) is 9.47 Å². The highest BCUT2D eigenvalue weighted by Crippen LogP contribution is 2.33. The lowest BCUT2D eigenvalue weighted by Gasteiger charge is -2.37. The molecule has 0 aliphatic rings. The minimum Gasteiger partial charge on any atom is -0.488 e. The molecule has 4 nitrogen and oxygen atoms in total. The van der Waals surface area contributed by atoms with Crippen LogP contribution in [0.4, 0.5) is 0 Å². The van der Waals surface area contributed by atoms with Crippen LogP contribution in [0.1, 0.15) is 76.6 Å². The van der Waals surface area contributed by atoms with Crippen molar-refractivity contribution in [2.24, 2.45) is 0 Å². The molecule has 4 aromatic carbocycles. The Kier molecular flexibility index (Phi) is 14.3. The molecule has 0 saturated carbocycles. The lowest BCUT2D eigenvalue weighted by molar-refractivity contribution is -0.937. The first kappa shape index (κ1) is 37.0. The average Bonchev–Trinajstić information content (AvgIpc) is 3.14. The Morgan fingerprint density at radius 2 is 0.771 bits per heavy atom. The predicted octanol–water partition coefficient (Wildman–Crippen LogP) is 10.3. The molecule has 256 valence electrons. The second-order valence-electron chi connectivity index (χ2n) is 13.1. The van der Waals surface area contributed by atoms with Crippen molar-refractivity contribution in [3.05, 3.63) is 131 Å². The molecule has 4 rings (SSSR count). The number of hydrogen-bond acceptors (Lipinski definition) is 2. The molecule has 0 amide bonds. The van der Waals surface area contributed by atoms with Gasteiger partial charge in [-0.25, -0.2) is 0 Å². The first-order valence-electron chi connectivity index (χ1n) is 18.4. The van der Waals surface area contributed by atoms with E-state index in [0.29, 0.717) is 13.2 Å². The van der Waals surface area contributed by atoms with Crippen LogP contribution in [0.3, 0.4) is 0 Å². The van der Waals surface area contributed by atoms with Crippen molar-refractivity contribution < 1.29 is 18.4 Å². The van der Waals surface area contributed by atoms with Crippen molar-refractivity contribution in [3.63, 3.8) is 0 Å². The summed E-state index contributed by atoms with van der Waals surface area (Å²) in [6.45, 7) is 23.6. The third kappa shape index (κ3) is 10.1. The lowest BCUT2D eigenvalue weighted by Crippen LogP contribution is -2.49. The van der Waals surface area contributed by atoms with Gasteiger partial charge in [-0.05, 0) is 87.1 Å².